The molecule has 1 heterocycles. The van der Waals surface area contributed by atoms with Crippen LogP contribution < -0.4 is 5.32 Å². The quantitative estimate of drug-likeness (QED) is 0.880. The number of nitrogens with one attached hydrogen (secondary N) is 1. The summed E-state index contributed by atoms with van der Waals surface area (Å²) in [5, 5.41) is 4.39. The van der Waals surface area contributed by atoms with Crippen molar-refractivity contribution in [2.24, 2.45) is 0 Å². The Balaban J connectivity index is 2.03. The molecule has 2 nitrogen and oxygen atoms in total. The van der Waals surface area contributed by atoms with E-state index in [2.05, 4.69) is 29.3 Å². The summed E-state index contributed by atoms with van der Waals surface area (Å²) in [6, 6.07) is 8.86. The molecule has 0 spiro atoms. The number of hydrogen-bond acceptors (Lipinski definition) is 2. The van der Waals surface area contributed by atoms with E-state index in [9.17, 15) is 0 Å². The normalized spacial score (nSPS) is 20.3. The van der Waals surface area contributed by atoms with E-state index in [1.807, 2.05) is 12.1 Å². The maximum absolute atomic E-state index is 6.27. The van der Waals surface area contributed by atoms with Crippen molar-refractivity contribution in [2.75, 3.05) is 19.6 Å². The predicted molar refractivity (Wildman–Crippen MR) is 78.0 cm³/mol. The minimum Gasteiger partial charge on any atom is -0.315 e. The van der Waals surface area contributed by atoms with E-state index in [1.54, 1.807) is 0 Å². The van der Waals surface area contributed by atoms with Gasteiger partial charge in [0.25, 0.3) is 0 Å². The van der Waals surface area contributed by atoms with Crippen molar-refractivity contribution < 1.29 is 0 Å². The van der Waals surface area contributed by atoms with Gasteiger partial charge in [-0.25, -0.2) is 0 Å². The number of rotatable bonds is 5. The van der Waals surface area contributed by atoms with E-state index >= 15 is 0 Å². The average molecular weight is 267 g/mol. The third-order valence-corrected chi connectivity index (χ3v) is 4.00. The molecule has 3 heteroatoms. The topological polar surface area (TPSA) is 15.3 Å². The SMILES string of the molecule is CCCN(Cc1ccccc1Cl)C1CCCNC1. The van der Waals surface area contributed by atoms with Crippen LogP contribution in [0.2, 0.25) is 5.02 Å². The molecule has 0 bridgehead atoms. The van der Waals surface area contributed by atoms with Gasteiger partial charge in [-0.2, -0.15) is 0 Å². The third-order valence-electron chi connectivity index (χ3n) is 3.63. The molecular formula is C15H23ClN2. The summed E-state index contributed by atoms with van der Waals surface area (Å²) >= 11 is 6.27. The smallest absolute Gasteiger partial charge is 0.0451 e. The van der Waals surface area contributed by atoms with Gasteiger partial charge in [0.1, 0.15) is 0 Å². The Morgan fingerprint density at radius 1 is 1.39 bits per heavy atom. The lowest BCUT2D eigenvalue weighted by Gasteiger charge is -2.34. The summed E-state index contributed by atoms with van der Waals surface area (Å²) in [6.45, 7) is 6.65. The molecule has 1 unspecified atom stereocenters. The highest BCUT2D eigenvalue weighted by molar-refractivity contribution is 6.31. The summed E-state index contributed by atoms with van der Waals surface area (Å²) in [5.41, 5.74) is 1.25. The highest BCUT2D eigenvalue weighted by Crippen LogP contribution is 2.20. The molecule has 18 heavy (non-hydrogen) atoms. The van der Waals surface area contributed by atoms with Gasteiger partial charge in [0.05, 0.1) is 0 Å². The summed E-state index contributed by atoms with van der Waals surface area (Å²) in [4.78, 5) is 2.58. The van der Waals surface area contributed by atoms with Gasteiger partial charge < -0.3 is 5.32 Å². The Bertz CT molecular complexity index is 361. The van der Waals surface area contributed by atoms with Crippen LogP contribution >= 0.6 is 11.6 Å². The zero-order chi connectivity index (χ0) is 12.8. The molecule has 0 amide bonds. The molecule has 1 aromatic rings. The Morgan fingerprint density at radius 3 is 2.89 bits per heavy atom. The lowest BCUT2D eigenvalue weighted by molar-refractivity contribution is 0.158. The number of piperidine rings is 1. The molecule has 1 aromatic carbocycles. The van der Waals surface area contributed by atoms with Crippen molar-refractivity contribution >= 4 is 11.6 Å². The van der Waals surface area contributed by atoms with Crippen molar-refractivity contribution in [3.63, 3.8) is 0 Å². The molecule has 2 rings (SSSR count). The van der Waals surface area contributed by atoms with Crippen LogP contribution in [0.4, 0.5) is 0 Å². The maximum Gasteiger partial charge on any atom is 0.0451 e. The van der Waals surface area contributed by atoms with Crippen LogP contribution in [0.3, 0.4) is 0 Å². The van der Waals surface area contributed by atoms with Crippen molar-refractivity contribution in [2.45, 2.75) is 38.8 Å². The molecule has 1 atom stereocenters. The highest BCUT2D eigenvalue weighted by atomic mass is 35.5. The fourth-order valence-electron chi connectivity index (χ4n) is 2.67. The van der Waals surface area contributed by atoms with Crippen LogP contribution in [0.15, 0.2) is 24.3 Å². The lowest BCUT2D eigenvalue weighted by Crippen LogP contribution is -2.45. The fourth-order valence-corrected chi connectivity index (χ4v) is 2.86. The van der Waals surface area contributed by atoms with Crippen LogP contribution in [0.5, 0.6) is 0 Å². The van der Waals surface area contributed by atoms with Crippen molar-refractivity contribution in [1.29, 1.82) is 0 Å². The number of nitrogens with zero attached hydrogens (tertiary/aromatic N) is 1. The Morgan fingerprint density at radius 2 is 2.22 bits per heavy atom. The van der Waals surface area contributed by atoms with Crippen LogP contribution in [0.25, 0.3) is 0 Å². The first-order valence-corrected chi connectivity index (χ1v) is 7.37. The molecule has 0 aliphatic carbocycles. The van der Waals surface area contributed by atoms with Crippen LogP contribution in [0.1, 0.15) is 31.7 Å². The van der Waals surface area contributed by atoms with Gasteiger partial charge in [-0.3, -0.25) is 4.90 Å². The molecule has 1 fully saturated rings. The summed E-state index contributed by atoms with van der Waals surface area (Å²) in [7, 11) is 0. The van der Waals surface area contributed by atoms with Gasteiger partial charge >= 0.3 is 0 Å². The monoisotopic (exact) mass is 266 g/mol. The predicted octanol–water partition coefficient (Wildman–Crippen LogP) is 3.30. The summed E-state index contributed by atoms with van der Waals surface area (Å²) < 4.78 is 0. The molecule has 0 radical (unpaired) electrons. The van der Waals surface area contributed by atoms with Gasteiger partial charge in [0.2, 0.25) is 0 Å². The number of benzene rings is 1. The van der Waals surface area contributed by atoms with Gasteiger partial charge in [0.15, 0.2) is 0 Å². The molecule has 1 aliphatic heterocycles. The minimum atomic E-state index is 0.662. The first kappa shape index (κ1) is 13.9. The Labute approximate surface area is 115 Å². The van der Waals surface area contributed by atoms with Crippen LogP contribution in [0, 0.1) is 0 Å². The van der Waals surface area contributed by atoms with Gasteiger partial charge in [-0.15, -0.1) is 0 Å². The number of hydrogen-bond donors (Lipinski definition) is 1. The van der Waals surface area contributed by atoms with Crippen molar-refractivity contribution in [1.82, 2.24) is 10.2 Å². The van der Waals surface area contributed by atoms with Crippen LogP contribution in [-0.2, 0) is 6.54 Å². The summed E-state index contributed by atoms with van der Waals surface area (Å²) in [5.74, 6) is 0. The van der Waals surface area contributed by atoms with Gasteiger partial charge in [-0.1, -0.05) is 36.7 Å². The molecule has 1 aliphatic rings. The largest absolute Gasteiger partial charge is 0.315 e. The van der Waals surface area contributed by atoms with Crippen molar-refractivity contribution in [3.05, 3.63) is 34.9 Å². The van der Waals surface area contributed by atoms with E-state index in [0.29, 0.717) is 6.04 Å². The van der Waals surface area contributed by atoms with Crippen molar-refractivity contribution in [3.8, 4) is 0 Å². The highest BCUT2D eigenvalue weighted by Gasteiger charge is 2.20. The standard InChI is InChI=1S/C15H23ClN2/c1-2-10-18(14-7-5-9-17-11-14)12-13-6-3-4-8-15(13)16/h3-4,6,8,14,17H,2,5,7,9-12H2,1H3. The minimum absolute atomic E-state index is 0.662. The second kappa shape index (κ2) is 7.13. The first-order chi connectivity index (χ1) is 8.81. The number of halogens is 1. The molecule has 0 saturated carbocycles. The van der Waals surface area contributed by atoms with E-state index in [1.165, 1.54) is 31.4 Å². The van der Waals surface area contributed by atoms with Gasteiger partial charge in [-0.05, 0) is 44.0 Å². The van der Waals surface area contributed by atoms with E-state index in [0.717, 1.165) is 24.7 Å². The zero-order valence-corrected chi connectivity index (χ0v) is 11.9. The molecule has 100 valence electrons. The van der Waals surface area contributed by atoms with E-state index in [-0.39, 0.29) is 0 Å². The van der Waals surface area contributed by atoms with Crippen LogP contribution in [-0.4, -0.2) is 30.6 Å². The van der Waals surface area contributed by atoms with Gasteiger partial charge in [0, 0.05) is 24.2 Å². The Hall–Kier alpha value is -0.570. The zero-order valence-electron chi connectivity index (χ0n) is 11.2. The summed E-state index contributed by atoms with van der Waals surface area (Å²) in [6.07, 6.45) is 3.78. The van der Waals surface area contributed by atoms with E-state index in [4.69, 9.17) is 11.6 Å². The molecular weight excluding hydrogens is 244 g/mol. The molecule has 0 aromatic heterocycles. The Kier molecular flexibility index (Phi) is 5.48. The lowest BCUT2D eigenvalue weighted by atomic mass is 10.0. The fraction of sp³-hybridized carbons (Fsp3) is 0.600. The third kappa shape index (κ3) is 3.71. The second-order valence-electron chi connectivity index (χ2n) is 5.06. The van der Waals surface area contributed by atoms with E-state index < -0.39 is 0 Å². The molecule has 1 saturated heterocycles. The average Bonchev–Trinajstić information content (AvgIpc) is 2.42. The first-order valence-electron chi connectivity index (χ1n) is 6.99. The second-order valence-corrected chi connectivity index (χ2v) is 5.47. The molecule has 1 N–H and O–H groups in total. The maximum atomic E-state index is 6.27.